The van der Waals surface area contributed by atoms with Crippen LogP contribution in [0.15, 0.2) is 11.1 Å². The molecule has 4 rings (SSSR count). The van der Waals surface area contributed by atoms with Gasteiger partial charge in [-0.25, -0.2) is 13.4 Å². The Balaban J connectivity index is 1.47. The molecule has 1 aliphatic carbocycles. The molecule has 26 heavy (non-hydrogen) atoms. The Morgan fingerprint density at radius 1 is 1.35 bits per heavy atom. The second-order valence-electron chi connectivity index (χ2n) is 7.05. The fourth-order valence-corrected chi connectivity index (χ4v) is 6.66. The Morgan fingerprint density at radius 3 is 2.92 bits per heavy atom. The van der Waals surface area contributed by atoms with Crippen LogP contribution < -0.4 is 10.9 Å². The zero-order chi connectivity index (χ0) is 18.3. The zero-order valence-corrected chi connectivity index (χ0v) is 16.0. The summed E-state index contributed by atoms with van der Waals surface area (Å²) in [6.07, 6.45) is 6.30. The van der Waals surface area contributed by atoms with E-state index in [1.807, 2.05) is 0 Å². The molecule has 0 spiro atoms. The lowest BCUT2D eigenvalue weighted by molar-refractivity contribution is -0.121. The van der Waals surface area contributed by atoms with E-state index in [1.165, 1.54) is 15.8 Å². The molecule has 0 unspecified atom stereocenters. The van der Waals surface area contributed by atoms with E-state index in [0.717, 1.165) is 41.5 Å². The topological polar surface area (TPSA) is 98.1 Å². The highest BCUT2D eigenvalue weighted by Gasteiger charge is 2.28. The van der Waals surface area contributed by atoms with Crippen LogP contribution in [0.2, 0.25) is 0 Å². The van der Waals surface area contributed by atoms with Crippen molar-refractivity contribution in [2.24, 2.45) is 0 Å². The van der Waals surface area contributed by atoms with Crippen LogP contribution in [0, 0.1) is 0 Å². The van der Waals surface area contributed by atoms with E-state index < -0.39 is 9.84 Å². The molecular weight excluding hydrogens is 374 g/mol. The molecule has 7 nitrogen and oxygen atoms in total. The normalized spacial score (nSPS) is 21.6. The number of aromatic nitrogens is 2. The van der Waals surface area contributed by atoms with E-state index in [4.69, 9.17) is 0 Å². The monoisotopic (exact) mass is 395 g/mol. The molecule has 1 aliphatic heterocycles. The summed E-state index contributed by atoms with van der Waals surface area (Å²) < 4.78 is 24.4. The van der Waals surface area contributed by atoms with Crippen molar-refractivity contribution in [3.8, 4) is 0 Å². The Kier molecular flexibility index (Phi) is 4.60. The van der Waals surface area contributed by atoms with Crippen LogP contribution in [0.5, 0.6) is 0 Å². The number of aryl methyl sites for hydroxylation is 3. The Labute approximate surface area is 155 Å². The van der Waals surface area contributed by atoms with Crippen LogP contribution in [0.4, 0.5) is 0 Å². The lowest BCUT2D eigenvalue weighted by Gasteiger charge is -2.12. The summed E-state index contributed by atoms with van der Waals surface area (Å²) in [5.41, 5.74) is 1.06. The highest BCUT2D eigenvalue weighted by Crippen LogP contribution is 2.33. The number of fused-ring (bicyclic) bond motifs is 3. The first-order chi connectivity index (χ1) is 12.4. The average molecular weight is 396 g/mol. The second kappa shape index (κ2) is 6.77. The molecule has 0 saturated carbocycles. The number of carbonyl (C=O) groups excluding carboxylic acids is 1. The molecule has 0 aromatic carbocycles. The molecule has 2 aromatic heterocycles. The molecule has 1 N–H and O–H groups in total. The third kappa shape index (κ3) is 3.42. The van der Waals surface area contributed by atoms with E-state index >= 15 is 0 Å². The van der Waals surface area contributed by atoms with Crippen LogP contribution >= 0.6 is 11.3 Å². The van der Waals surface area contributed by atoms with Crippen LogP contribution in [0.25, 0.3) is 10.2 Å². The number of hydrogen-bond donors (Lipinski definition) is 1. The van der Waals surface area contributed by atoms with Crippen molar-refractivity contribution in [3.05, 3.63) is 27.1 Å². The summed E-state index contributed by atoms with van der Waals surface area (Å²) in [4.78, 5) is 31.4. The molecule has 1 atom stereocenters. The maximum absolute atomic E-state index is 12.8. The molecule has 9 heteroatoms. The number of amides is 1. The predicted molar refractivity (Wildman–Crippen MR) is 100 cm³/mol. The first kappa shape index (κ1) is 17.7. The van der Waals surface area contributed by atoms with Crippen LogP contribution in [0.1, 0.15) is 36.1 Å². The van der Waals surface area contributed by atoms with Gasteiger partial charge in [0.1, 0.15) is 4.83 Å². The highest BCUT2D eigenvalue weighted by atomic mass is 32.2. The molecule has 1 amide bonds. The van der Waals surface area contributed by atoms with Gasteiger partial charge in [0.15, 0.2) is 9.84 Å². The molecule has 0 radical (unpaired) electrons. The third-order valence-electron chi connectivity index (χ3n) is 5.12. The van der Waals surface area contributed by atoms with Gasteiger partial charge >= 0.3 is 0 Å². The molecule has 2 aromatic rings. The van der Waals surface area contributed by atoms with Crippen molar-refractivity contribution in [2.45, 2.75) is 51.1 Å². The zero-order valence-electron chi connectivity index (χ0n) is 14.4. The number of thiophene rings is 1. The lowest BCUT2D eigenvalue weighted by atomic mass is 9.97. The Morgan fingerprint density at radius 2 is 2.15 bits per heavy atom. The maximum atomic E-state index is 12.8. The number of carbonyl (C=O) groups is 1. The van der Waals surface area contributed by atoms with Crippen molar-refractivity contribution in [2.75, 3.05) is 11.5 Å². The number of nitrogens with zero attached hydrogens (tertiary/aromatic N) is 2. The summed E-state index contributed by atoms with van der Waals surface area (Å²) in [6, 6.07) is -0.311. The van der Waals surface area contributed by atoms with Gasteiger partial charge in [0.25, 0.3) is 5.56 Å². The van der Waals surface area contributed by atoms with Gasteiger partial charge in [-0.1, -0.05) is 0 Å². The van der Waals surface area contributed by atoms with Gasteiger partial charge in [0.05, 0.1) is 23.2 Å². The average Bonchev–Trinajstić information content (AvgIpc) is 3.14. The van der Waals surface area contributed by atoms with Crippen LogP contribution in [-0.4, -0.2) is 41.4 Å². The van der Waals surface area contributed by atoms with E-state index in [2.05, 4.69) is 10.3 Å². The van der Waals surface area contributed by atoms with Crippen molar-refractivity contribution in [1.29, 1.82) is 0 Å². The smallest absolute Gasteiger partial charge is 0.262 e. The second-order valence-corrected chi connectivity index (χ2v) is 10.4. The fourth-order valence-electron chi connectivity index (χ4n) is 3.77. The number of hydrogen-bond acceptors (Lipinski definition) is 6. The largest absolute Gasteiger partial charge is 0.352 e. The van der Waals surface area contributed by atoms with Gasteiger partial charge in [0.2, 0.25) is 5.91 Å². The van der Waals surface area contributed by atoms with E-state index in [9.17, 15) is 18.0 Å². The van der Waals surface area contributed by atoms with Gasteiger partial charge in [-0.15, -0.1) is 11.3 Å². The fraction of sp³-hybridized carbons (Fsp3) is 0.588. The van der Waals surface area contributed by atoms with Crippen molar-refractivity contribution in [3.63, 3.8) is 0 Å². The molecular formula is C17H21N3O4S2. The molecule has 3 heterocycles. The molecule has 1 saturated heterocycles. The molecule has 140 valence electrons. The van der Waals surface area contributed by atoms with Gasteiger partial charge in [-0.3, -0.25) is 14.2 Å². The minimum atomic E-state index is -3.02. The van der Waals surface area contributed by atoms with Crippen LogP contribution in [0.3, 0.4) is 0 Å². The van der Waals surface area contributed by atoms with Crippen molar-refractivity contribution < 1.29 is 13.2 Å². The lowest BCUT2D eigenvalue weighted by Crippen LogP contribution is -2.36. The van der Waals surface area contributed by atoms with Crippen LogP contribution in [-0.2, 0) is 34.0 Å². The summed E-state index contributed by atoms with van der Waals surface area (Å²) in [5.74, 6) is -0.0967. The standard InChI is InChI=1S/C17H21N3O4S2/c21-14(19-11-6-8-26(23,24)9-11)5-7-20-10-18-16-15(17(20)22)12-3-1-2-4-13(12)25-16/h10-11H,1-9H2,(H,19,21)/t11-/m0/s1. The highest BCUT2D eigenvalue weighted by molar-refractivity contribution is 7.91. The minimum absolute atomic E-state index is 0.00719. The van der Waals surface area contributed by atoms with E-state index in [0.29, 0.717) is 6.42 Å². The maximum Gasteiger partial charge on any atom is 0.262 e. The predicted octanol–water partition coefficient (Wildman–Crippen LogP) is 1.03. The summed E-state index contributed by atoms with van der Waals surface area (Å²) >= 11 is 1.61. The summed E-state index contributed by atoms with van der Waals surface area (Å²) in [5, 5.41) is 3.47. The first-order valence-electron chi connectivity index (χ1n) is 8.92. The van der Waals surface area contributed by atoms with Crippen molar-refractivity contribution in [1.82, 2.24) is 14.9 Å². The third-order valence-corrected chi connectivity index (χ3v) is 8.09. The van der Waals surface area contributed by atoms with Gasteiger partial charge in [-0.2, -0.15) is 0 Å². The van der Waals surface area contributed by atoms with E-state index in [1.54, 1.807) is 11.3 Å². The summed E-state index contributed by atoms with van der Waals surface area (Å²) in [6.45, 7) is 0.248. The molecule has 0 bridgehead atoms. The number of rotatable bonds is 4. The SMILES string of the molecule is O=C(CCn1cnc2sc3c(c2c1=O)CCCC3)N[C@H]1CCS(=O)(=O)C1. The molecule has 2 aliphatic rings. The minimum Gasteiger partial charge on any atom is -0.352 e. The van der Waals surface area contributed by atoms with Gasteiger partial charge < -0.3 is 5.32 Å². The number of nitrogens with one attached hydrogen (secondary N) is 1. The quantitative estimate of drug-likeness (QED) is 0.834. The Hall–Kier alpha value is -1.74. The van der Waals surface area contributed by atoms with E-state index in [-0.39, 0.29) is 42.0 Å². The van der Waals surface area contributed by atoms with Crippen molar-refractivity contribution >= 4 is 37.3 Å². The number of sulfone groups is 1. The first-order valence-corrected chi connectivity index (χ1v) is 11.6. The van der Waals surface area contributed by atoms with Gasteiger partial charge in [-0.05, 0) is 37.7 Å². The summed E-state index contributed by atoms with van der Waals surface area (Å²) in [7, 11) is -3.02. The Bertz CT molecular complexity index is 1020. The van der Waals surface area contributed by atoms with Gasteiger partial charge in [0, 0.05) is 23.9 Å². The molecule has 1 fully saturated rings.